The summed E-state index contributed by atoms with van der Waals surface area (Å²) in [4.78, 5) is 12.5. The van der Waals surface area contributed by atoms with Crippen LogP contribution in [0.5, 0.6) is 5.88 Å². The molecule has 4 rings (SSSR count). The molecule has 1 aliphatic heterocycles. The Morgan fingerprint density at radius 3 is 3.08 bits per heavy atom. The number of hydrogen-bond donors (Lipinski definition) is 1. The van der Waals surface area contributed by atoms with Gasteiger partial charge < -0.3 is 9.72 Å². The number of rotatable bonds is 4. The Bertz CT molecular complexity index is 993. The van der Waals surface area contributed by atoms with E-state index in [0.717, 1.165) is 53.8 Å². The van der Waals surface area contributed by atoms with E-state index in [0.29, 0.717) is 11.4 Å². The molecule has 7 heteroatoms. The largest absolute Gasteiger partial charge is 0.472 e. The summed E-state index contributed by atoms with van der Waals surface area (Å²) in [5.41, 5.74) is 4.06. The third kappa shape index (κ3) is 3.15. The Kier molecular flexibility index (Phi) is 4.78. The highest BCUT2D eigenvalue weighted by Gasteiger charge is 2.24. The smallest absolute Gasteiger partial charge is 0.235 e. The molecule has 0 amide bonds. The van der Waals surface area contributed by atoms with Crippen LogP contribution >= 0.6 is 22.9 Å². The number of halogens is 1. The number of para-hydroxylation sites is 1. The molecule has 0 radical (unpaired) electrons. The van der Waals surface area contributed by atoms with Crippen molar-refractivity contribution in [1.29, 1.82) is 5.26 Å². The number of nitrogens with zero attached hydrogens (tertiary/aromatic N) is 4. The van der Waals surface area contributed by atoms with E-state index in [-0.39, 0.29) is 6.10 Å². The summed E-state index contributed by atoms with van der Waals surface area (Å²) in [5.74, 6) is 0.630. The van der Waals surface area contributed by atoms with E-state index in [1.54, 1.807) is 12.3 Å². The van der Waals surface area contributed by atoms with Gasteiger partial charge in [0.05, 0.1) is 23.0 Å². The molecule has 1 unspecified atom stereocenters. The molecule has 132 valence electrons. The first-order valence-corrected chi connectivity index (χ1v) is 9.60. The van der Waals surface area contributed by atoms with Gasteiger partial charge in [0.1, 0.15) is 17.9 Å². The minimum absolute atomic E-state index is 0.170. The second-order valence-corrected chi connectivity index (χ2v) is 7.66. The van der Waals surface area contributed by atoms with E-state index < -0.39 is 0 Å². The Morgan fingerprint density at radius 2 is 2.35 bits per heavy atom. The van der Waals surface area contributed by atoms with Crippen molar-refractivity contribution in [1.82, 2.24) is 18.1 Å². The van der Waals surface area contributed by atoms with E-state index in [1.165, 1.54) is 0 Å². The van der Waals surface area contributed by atoms with Gasteiger partial charge >= 0.3 is 0 Å². The zero-order valence-corrected chi connectivity index (χ0v) is 16.5. The third-order valence-corrected chi connectivity index (χ3v) is 5.50. The summed E-state index contributed by atoms with van der Waals surface area (Å²) in [7, 11) is 0. The summed E-state index contributed by atoms with van der Waals surface area (Å²) in [6.45, 7) is 4.00. The van der Waals surface area contributed by atoms with Gasteiger partial charge in [-0.05, 0) is 18.9 Å². The first-order valence-electron chi connectivity index (χ1n) is 8.63. The van der Waals surface area contributed by atoms with Crippen LogP contribution in [0, 0.1) is 11.3 Å². The molecule has 0 spiro atoms. The van der Waals surface area contributed by atoms with Crippen molar-refractivity contribution in [3.05, 3.63) is 41.9 Å². The number of nitrogens with one attached hydrogen (secondary N) is 1. The summed E-state index contributed by atoms with van der Waals surface area (Å²) in [6, 6.07) is 7.91. The summed E-state index contributed by atoms with van der Waals surface area (Å²) >= 11 is 2.32. The molecule has 1 N–H and O–H groups in total. The molecule has 3 aromatic rings. The third-order valence-electron chi connectivity index (χ3n) is 4.63. The van der Waals surface area contributed by atoms with Crippen molar-refractivity contribution in [3.8, 4) is 23.2 Å². The zero-order chi connectivity index (χ0) is 18.1. The van der Waals surface area contributed by atoms with Gasteiger partial charge in [-0.3, -0.25) is 0 Å². The highest BCUT2D eigenvalue weighted by Crippen LogP contribution is 2.30. The van der Waals surface area contributed by atoms with Crippen molar-refractivity contribution in [2.75, 3.05) is 13.1 Å². The number of benzene rings is 1. The maximum absolute atomic E-state index is 9.27. The topological polar surface area (TPSA) is 77.8 Å². The van der Waals surface area contributed by atoms with Gasteiger partial charge in [0.25, 0.3) is 0 Å². The van der Waals surface area contributed by atoms with Crippen LogP contribution in [0.15, 0.2) is 30.6 Å². The Morgan fingerprint density at radius 1 is 1.46 bits per heavy atom. The lowest BCUT2D eigenvalue weighted by atomic mass is 10.1. The predicted octanol–water partition coefficient (Wildman–Crippen LogP) is 3.86. The molecule has 1 aromatic carbocycles. The summed E-state index contributed by atoms with van der Waals surface area (Å²) in [6.07, 6.45) is 5.58. The van der Waals surface area contributed by atoms with Crippen molar-refractivity contribution >= 4 is 33.8 Å². The van der Waals surface area contributed by atoms with Crippen molar-refractivity contribution in [2.45, 2.75) is 25.9 Å². The van der Waals surface area contributed by atoms with Crippen LogP contribution in [0.4, 0.5) is 0 Å². The second-order valence-electron chi connectivity index (χ2n) is 6.30. The predicted molar refractivity (Wildman–Crippen MR) is 108 cm³/mol. The molecule has 1 atom stereocenters. The normalized spacial score (nSPS) is 17.5. The lowest BCUT2D eigenvalue weighted by Crippen LogP contribution is -2.20. The van der Waals surface area contributed by atoms with Crippen LogP contribution in [-0.4, -0.2) is 37.3 Å². The van der Waals surface area contributed by atoms with Gasteiger partial charge in [-0.15, -0.1) is 0 Å². The molecule has 2 aromatic heterocycles. The van der Waals surface area contributed by atoms with Crippen molar-refractivity contribution < 1.29 is 4.74 Å². The fraction of sp³-hybridized carbons (Fsp3) is 0.316. The molecule has 3 heterocycles. The van der Waals surface area contributed by atoms with Crippen LogP contribution in [0.3, 0.4) is 0 Å². The fourth-order valence-corrected chi connectivity index (χ4v) is 3.99. The average Bonchev–Trinajstić information content (AvgIpc) is 3.28. The first-order chi connectivity index (χ1) is 12.7. The Labute approximate surface area is 165 Å². The monoisotopic (exact) mass is 459 g/mol. The molecular weight excluding hydrogens is 441 g/mol. The molecule has 0 aliphatic carbocycles. The minimum Gasteiger partial charge on any atom is -0.472 e. The maximum Gasteiger partial charge on any atom is 0.235 e. The van der Waals surface area contributed by atoms with Gasteiger partial charge in [0.2, 0.25) is 5.88 Å². The maximum atomic E-state index is 9.27. The van der Waals surface area contributed by atoms with Crippen LogP contribution in [0.1, 0.15) is 24.6 Å². The lowest BCUT2D eigenvalue weighted by Gasteiger charge is -2.15. The number of H-pyrrole nitrogens is 1. The standard InChI is InChI=1S/C19H18IN5O/c1-2-16-19(26-13-6-7-25(20)11-13)23-10-17(24-16)15-9-22-18-12(8-21)4-3-5-14(15)18/h3-5,9-10,13,22H,2,6-7,11H2,1H3. The van der Waals surface area contributed by atoms with E-state index in [2.05, 4.69) is 48.9 Å². The number of aryl methyl sites for hydroxylation is 1. The van der Waals surface area contributed by atoms with Gasteiger partial charge in [0, 0.05) is 53.1 Å². The van der Waals surface area contributed by atoms with Crippen molar-refractivity contribution in [3.63, 3.8) is 0 Å². The highest BCUT2D eigenvalue weighted by molar-refractivity contribution is 14.1. The Balaban J connectivity index is 1.69. The average molecular weight is 459 g/mol. The van der Waals surface area contributed by atoms with E-state index in [1.807, 2.05) is 18.3 Å². The van der Waals surface area contributed by atoms with Crippen LogP contribution < -0.4 is 4.74 Å². The highest BCUT2D eigenvalue weighted by atomic mass is 127. The van der Waals surface area contributed by atoms with E-state index >= 15 is 0 Å². The van der Waals surface area contributed by atoms with Gasteiger partial charge in [-0.2, -0.15) is 5.26 Å². The first kappa shape index (κ1) is 17.2. The molecule has 1 aliphatic rings. The van der Waals surface area contributed by atoms with E-state index in [9.17, 15) is 5.26 Å². The molecule has 0 bridgehead atoms. The quantitative estimate of drug-likeness (QED) is 0.474. The number of hydrogen-bond acceptors (Lipinski definition) is 5. The lowest BCUT2D eigenvalue weighted by molar-refractivity contribution is 0.206. The van der Waals surface area contributed by atoms with Crippen LogP contribution in [0.25, 0.3) is 22.2 Å². The number of fused-ring (bicyclic) bond motifs is 1. The zero-order valence-electron chi connectivity index (χ0n) is 14.4. The van der Waals surface area contributed by atoms with Gasteiger partial charge in [-0.25, -0.2) is 13.1 Å². The number of aromatic nitrogens is 3. The fourth-order valence-electron chi connectivity index (χ4n) is 3.28. The minimum atomic E-state index is 0.170. The van der Waals surface area contributed by atoms with Gasteiger partial charge in [0.15, 0.2) is 0 Å². The van der Waals surface area contributed by atoms with Crippen LogP contribution in [0.2, 0.25) is 0 Å². The summed E-state index contributed by atoms with van der Waals surface area (Å²) in [5, 5.41) is 10.2. The molecule has 26 heavy (non-hydrogen) atoms. The molecule has 0 saturated carbocycles. The number of aromatic amines is 1. The second kappa shape index (κ2) is 7.21. The van der Waals surface area contributed by atoms with Gasteiger partial charge in [-0.1, -0.05) is 19.1 Å². The summed E-state index contributed by atoms with van der Waals surface area (Å²) < 4.78 is 8.32. The molecule has 1 fully saturated rings. The molecule has 6 nitrogen and oxygen atoms in total. The van der Waals surface area contributed by atoms with Crippen LogP contribution in [-0.2, 0) is 6.42 Å². The van der Waals surface area contributed by atoms with Crippen molar-refractivity contribution in [2.24, 2.45) is 0 Å². The molecule has 1 saturated heterocycles. The number of nitriles is 1. The Hall–Kier alpha value is -2.18. The molecular formula is C19H18IN5O. The SMILES string of the molecule is CCc1nc(-c2c[nH]c3c(C#N)cccc23)cnc1OC1CCN(I)C1. The van der Waals surface area contributed by atoms with E-state index in [4.69, 9.17) is 9.72 Å². The number of ether oxygens (including phenoxy) is 1.